The molecule has 0 spiro atoms. The molecule has 1 saturated heterocycles. The van der Waals surface area contributed by atoms with Gasteiger partial charge < -0.3 is 20.3 Å². The molecule has 2 bridgehead atoms. The molecule has 7 nitrogen and oxygen atoms in total. The summed E-state index contributed by atoms with van der Waals surface area (Å²) in [7, 11) is -2.24. The van der Waals surface area contributed by atoms with E-state index in [2.05, 4.69) is 20.3 Å². The van der Waals surface area contributed by atoms with Crippen molar-refractivity contribution in [3.63, 3.8) is 0 Å². The Bertz CT molecular complexity index is 1150. The van der Waals surface area contributed by atoms with Gasteiger partial charge >= 0.3 is 0 Å². The highest BCUT2D eigenvalue weighted by Crippen LogP contribution is 2.44. The van der Waals surface area contributed by atoms with E-state index in [1.165, 1.54) is 25.7 Å². The van der Waals surface area contributed by atoms with Crippen molar-refractivity contribution in [3.8, 4) is 5.75 Å². The molecule has 1 aliphatic heterocycles. The third kappa shape index (κ3) is 4.95. The monoisotopic (exact) mass is 500 g/mol. The number of methoxy groups -OCH3 is 1. The average molecular weight is 501 g/mol. The number of nitrogens with one attached hydrogen (secondary N) is 3. The Hall–Kier alpha value is -2.52. The number of nitrogens with zero attached hydrogens (tertiary/aromatic N) is 1. The Morgan fingerprint density at radius 1 is 1.03 bits per heavy atom. The van der Waals surface area contributed by atoms with Gasteiger partial charge in [-0.15, -0.1) is 0 Å². The summed E-state index contributed by atoms with van der Waals surface area (Å²) in [5.41, 5.74) is 1.87. The van der Waals surface area contributed by atoms with Crippen molar-refractivity contribution in [1.29, 1.82) is 0 Å². The fraction of sp³-hybridized carbons (Fsp3) is 0.480. The van der Waals surface area contributed by atoms with Gasteiger partial charge in [0.15, 0.2) is 5.11 Å². The molecule has 3 aliphatic rings. The summed E-state index contributed by atoms with van der Waals surface area (Å²) >= 11 is 5.58. The third-order valence-corrected chi connectivity index (χ3v) is 8.98. The van der Waals surface area contributed by atoms with Crippen LogP contribution in [0.25, 0.3) is 0 Å². The van der Waals surface area contributed by atoms with Gasteiger partial charge in [-0.1, -0.05) is 6.42 Å². The molecule has 0 radical (unpaired) electrons. The summed E-state index contributed by atoms with van der Waals surface area (Å²) < 4.78 is 34.9. The van der Waals surface area contributed by atoms with Crippen LogP contribution in [0.5, 0.6) is 5.75 Å². The van der Waals surface area contributed by atoms with Crippen molar-refractivity contribution in [2.45, 2.75) is 49.5 Å². The fourth-order valence-electron chi connectivity index (χ4n) is 5.65. The zero-order valence-corrected chi connectivity index (χ0v) is 21.1. The average Bonchev–Trinajstić information content (AvgIpc) is 3.58. The molecule has 9 heteroatoms. The Kier molecular flexibility index (Phi) is 6.57. The van der Waals surface area contributed by atoms with Crippen molar-refractivity contribution in [3.05, 3.63) is 42.5 Å². The fourth-order valence-corrected chi connectivity index (χ4v) is 7.23. The Balaban J connectivity index is 1.37. The maximum atomic E-state index is 13.5. The van der Waals surface area contributed by atoms with Crippen LogP contribution in [0.4, 0.5) is 17.1 Å². The van der Waals surface area contributed by atoms with Crippen LogP contribution in [0.3, 0.4) is 0 Å². The number of ether oxygens (including phenoxy) is 1. The molecule has 0 unspecified atom stereocenters. The smallest absolute Gasteiger partial charge is 0.264 e. The van der Waals surface area contributed by atoms with E-state index < -0.39 is 10.0 Å². The molecule has 1 heterocycles. The second kappa shape index (κ2) is 9.62. The van der Waals surface area contributed by atoms with Gasteiger partial charge in [0.05, 0.1) is 12.8 Å². The number of fused-ring (bicyclic) bond motifs is 2. The molecule has 0 amide bonds. The molecule has 34 heavy (non-hydrogen) atoms. The van der Waals surface area contributed by atoms with Gasteiger partial charge in [0.2, 0.25) is 0 Å². The van der Waals surface area contributed by atoms with Gasteiger partial charge in [-0.25, -0.2) is 8.42 Å². The van der Waals surface area contributed by atoms with Crippen molar-refractivity contribution < 1.29 is 13.2 Å². The number of sulfonamides is 1. The molecule has 3 N–H and O–H groups in total. The van der Waals surface area contributed by atoms with E-state index in [1.807, 2.05) is 12.1 Å². The zero-order valence-electron chi connectivity index (χ0n) is 19.4. The van der Waals surface area contributed by atoms with Gasteiger partial charge in [-0.2, -0.15) is 0 Å². The van der Waals surface area contributed by atoms with Gasteiger partial charge in [0.1, 0.15) is 10.6 Å². The van der Waals surface area contributed by atoms with Crippen LogP contribution in [0.2, 0.25) is 0 Å². The molecule has 3 fully saturated rings. The molecule has 182 valence electrons. The number of benzene rings is 2. The molecular weight excluding hydrogens is 468 g/mol. The quantitative estimate of drug-likeness (QED) is 0.480. The van der Waals surface area contributed by atoms with Crippen LogP contribution in [-0.2, 0) is 10.0 Å². The van der Waals surface area contributed by atoms with E-state index in [0.717, 1.165) is 37.5 Å². The Labute approximate surface area is 207 Å². The van der Waals surface area contributed by atoms with Crippen molar-refractivity contribution >= 4 is 44.4 Å². The number of hydrogen-bond acceptors (Lipinski definition) is 5. The molecule has 2 aromatic carbocycles. The topological polar surface area (TPSA) is 82.7 Å². The molecule has 2 saturated carbocycles. The highest BCUT2D eigenvalue weighted by atomic mass is 32.2. The number of thiocarbonyl (C=S) groups is 1. The Morgan fingerprint density at radius 3 is 2.41 bits per heavy atom. The first-order chi connectivity index (χ1) is 16.4. The van der Waals surface area contributed by atoms with Gasteiger partial charge in [0, 0.05) is 30.5 Å². The van der Waals surface area contributed by atoms with E-state index in [1.54, 1.807) is 37.4 Å². The lowest BCUT2D eigenvalue weighted by molar-refractivity contribution is 0.392. The van der Waals surface area contributed by atoms with Gasteiger partial charge in [-0.05, 0) is 98.6 Å². The lowest BCUT2D eigenvalue weighted by Crippen LogP contribution is -2.40. The second-order valence-corrected chi connectivity index (χ2v) is 11.6. The summed E-state index contributed by atoms with van der Waals surface area (Å²) in [6, 6.07) is 12.8. The van der Waals surface area contributed by atoms with E-state index in [0.29, 0.717) is 34.2 Å². The highest BCUT2D eigenvalue weighted by molar-refractivity contribution is 7.93. The van der Waals surface area contributed by atoms with Gasteiger partial charge in [0.25, 0.3) is 10.0 Å². The summed E-state index contributed by atoms with van der Waals surface area (Å²) in [6.45, 7) is 1.70. The van der Waals surface area contributed by atoms with Crippen molar-refractivity contribution in [2.24, 2.45) is 11.8 Å². The van der Waals surface area contributed by atoms with E-state index in [4.69, 9.17) is 17.0 Å². The number of anilines is 3. The van der Waals surface area contributed by atoms with Crippen LogP contribution in [0, 0.1) is 11.8 Å². The van der Waals surface area contributed by atoms with Crippen LogP contribution >= 0.6 is 12.2 Å². The van der Waals surface area contributed by atoms with Crippen molar-refractivity contribution in [1.82, 2.24) is 5.32 Å². The lowest BCUT2D eigenvalue weighted by atomic mass is 9.96. The first-order valence-corrected chi connectivity index (χ1v) is 13.9. The summed E-state index contributed by atoms with van der Waals surface area (Å²) in [5.74, 6) is 2.20. The molecule has 0 aromatic heterocycles. The molecule has 2 aromatic rings. The molecule has 5 rings (SSSR count). The normalized spacial score (nSPS) is 23.7. The first kappa shape index (κ1) is 23.2. The predicted molar refractivity (Wildman–Crippen MR) is 140 cm³/mol. The molecule has 3 atom stereocenters. The largest absolute Gasteiger partial charge is 0.497 e. The minimum atomic E-state index is -3.82. The minimum absolute atomic E-state index is 0.248. The predicted octanol–water partition coefficient (Wildman–Crippen LogP) is 4.57. The number of hydrogen-bond donors (Lipinski definition) is 3. The second-order valence-electron chi connectivity index (χ2n) is 9.59. The van der Waals surface area contributed by atoms with E-state index >= 15 is 0 Å². The van der Waals surface area contributed by atoms with Gasteiger partial charge in [-0.3, -0.25) is 4.72 Å². The molecular formula is C25H32N4O3S2. The van der Waals surface area contributed by atoms with Crippen LogP contribution < -0.4 is 25.0 Å². The maximum absolute atomic E-state index is 13.5. The van der Waals surface area contributed by atoms with Crippen LogP contribution in [-0.4, -0.2) is 39.8 Å². The third-order valence-electron chi connectivity index (χ3n) is 7.35. The van der Waals surface area contributed by atoms with Crippen molar-refractivity contribution in [2.75, 3.05) is 35.1 Å². The highest BCUT2D eigenvalue weighted by Gasteiger charge is 2.39. The lowest BCUT2D eigenvalue weighted by Gasteiger charge is -2.25. The minimum Gasteiger partial charge on any atom is -0.497 e. The summed E-state index contributed by atoms with van der Waals surface area (Å²) in [4.78, 5) is 2.39. The summed E-state index contributed by atoms with van der Waals surface area (Å²) in [5, 5.41) is 7.25. The van der Waals surface area contributed by atoms with E-state index in [9.17, 15) is 8.42 Å². The van der Waals surface area contributed by atoms with Crippen LogP contribution in [0.15, 0.2) is 47.4 Å². The summed E-state index contributed by atoms with van der Waals surface area (Å²) in [6.07, 6.45) is 7.19. The Morgan fingerprint density at radius 2 is 1.76 bits per heavy atom. The SMILES string of the molecule is COc1ccc(NS(=O)(=O)c2cc(NC(=S)N[C@@H]3C[C@H]4CC[C@@H]3C4)ccc2N2CCCC2)cc1. The standard InChI is InChI=1S/C25H32N4O3S2/c1-32-21-9-6-19(7-10-21)28-34(30,31)24-16-20(8-11-23(24)29-12-2-3-13-29)26-25(33)27-22-15-17-4-5-18(22)14-17/h6-11,16-18,22,28H,2-5,12-15H2,1H3,(H2,26,27,33)/t17-,18+,22+/m0/s1. The maximum Gasteiger partial charge on any atom is 0.264 e. The molecule has 2 aliphatic carbocycles. The van der Waals surface area contributed by atoms with Crippen LogP contribution in [0.1, 0.15) is 38.5 Å². The first-order valence-electron chi connectivity index (χ1n) is 12.0. The number of rotatable bonds is 7. The van der Waals surface area contributed by atoms with E-state index in [-0.39, 0.29) is 4.90 Å². The zero-order chi connectivity index (χ0) is 23.7.